The van der Waals surface area contributed by atoms with Crippen LogP contribution in [0.2, 0.25) is 0 Å². The highest BCUT2D eigenvalue weighted by molar-refractivity contribution is 5.76. The van der Waals surface area contributed by atoms with E-state index in [0.717, 1.165) is 32.5 Å². The summed E-state index contributed by atoms with van der Waals surface area (Å²) in [6.45, 7) is 11.6. The summed E-state index contributed by atoms with van der Waals surface area (Å²) in [4.78, 5) is 13.9. The largest absolute Gasteiger partial charge is 0.342 e. The lowest BCUT2D eigenvalue weighted by molar-refractivity contribution is -0.131. The van der Waals surface area contributed by atoms with Crippen molar-refractivity contribution in [1.29, 1.82) is 0 Å². The highest BCUT2D eigenvalue weighted by atomic mass is 16.2. The topological polar surface area (TPSA) is 32.3 Å². The van der Waals surface area contributed by atoms with Gasteiger partial charge >= 0.3 is 0 Å². The number of hydrogen-bond acceptors (Lipinski definition) is 2. The quantitative estimate of drug-likeness (QED) is 0.818. The van der Waals surface area contributed by atoms with Crippen molar-refractivity contribution in [3.8, 4) is 0 Å². The second kappa shape index (κ2) is 6.39. The van der Waals surface area contributed by atoms with Gasteiger partial charge in [-0.05, 0) is 46.1 Å². The molecule has 3 nitrogen and oxygen atoms in total. The summed E-state index contributed by atoms with van der Waals surface area (Å²) >= 11 is 0. The van der Waals surface area contributed by atoms with Gasteiger partial charge in [-0.25, -0.2) is 0 Å². The number of nitrogens with zero attached hydrogens (tertiary/aromatic N) is 1. The van der Waals surface area contributed by atoms with Crippen molar-refractivity contribution in [2.24, 2.45) is 5.92 Å². The Hall–Kier alpha value is -0.570. The molecule has 0 aromatic heterocycles. The van der Waals surface area contributed by atoms with Crippen molar-refractivity contribution in [2.75, 3.05) is 19.6 Å². The van der Waals surface area contributed by atoms with Crippen LogP contribution < -0.4 is 5.32 Å². The average molecular weight is 240 g/mol. The van der Waals surface area contributed by atoms with Crippen LogP contribution in [0.5, 0.6) is 0 Å². The van der Waals surface area contributed by atoms with E-state index >= 15 is 0 Å². The summed E-state index contributed by atoms with van der Waals surface area (Å²) in [7, 11) is 0. The van der Waals surface area contributed by atoms with Crippen molar-refractivity contribution in [3.63, 3.8) is 0 Å². The van der Waals surface area contributed by atoms with Crippen LogP contribution in [-0.4, -0.2) is 36.0 Å². The minimum absolute atomic E-state index is 0.164. The first-order chi connectivity index (χ1) is 7.88. The third kappa shape index (κ3) is 6.06. The molecule has 1 saturated heterocycles. The molecule has 1 atom stereocenters. The van der Waals surface area contributed by atoms with E-state index in [1.807, 2.05) is 0 Å². The van der Waals surface area contributed by atoms with Crippen molar-refractivity contribution in [3.05, 3.63) is 0 Å². The minimum Gasteiger partial charge on any atom is -0.342 e. The molecule has 1 heterocycles. The molecule has 0 spiro atoms. The van der Waals surface area contributed by atoms with E-state index in [1.165, 1.54) is 12.8 Å². The predicted octanol–water partition coefficient (Wildman–Crippen LogP) is 2.41. The molecule has 0 saturated carbocycles. The summed E-state index contributed by atoms with van der Waals surface area (Å²) in [6, 6.07) is 0. The van der Waals surface area contributed by atoms with Crippen molar-refractivity contribution >= 4 is 5.91 Å². The van der Waals surface area contributed by atoms with Gasteiger partial charge in [0.25, 0.3) is 0 Å². The third-order valence-electron chi connectivity index (χ3n) is 3.18. The fourth-order valence-electron chi connectivity index (χ4n) is 2.15. The molecule has 1 amide bonds. The lowest BCUT2D eigenvalue weighted by atomic mass is 10.1. The van der Waals surface area contributed by atoms with Crippen LogP contribution in [-0.2, 0) is 4.79 Å². The van der Waals surface area contributed by atoms with E-state index in [4.69, 9.17) is 0 Å². The first-order valence-corrected chi connectivity index (χ1v) is 6.91. The number of hydrogen-bond donors (Lipinski definition) is 1. The van der Waals surface area contributed by atoms with E-state index < -0.39 is 0 Å². The van der Waals surface area contributed by atoms with Crippen LogP contribution in [0.25, 0.3) is 0 Å². The number of carbonyl (C=O) groups is 1. The summed E-state index contributed by atoms with van der Waals surface area (Å²) in [5.41, 5.74) is 0.164. The van der Waals surface area contributed by atoms with Gasteiger partial charge in [-0.2, -0.15) is 0 Å². The maximum atomic E-state index is 11.9. The SMILES string of the molecule is CC(CNC(C)(C)C)CN1CCCCCC1=O. The number of rotatable bonds is 4. The van der Waals surface area contributed by atoms with Gasteiger partial charge in [0.15, 0.2) is 0 Å². The molecule has 3 heteroatoms. The van der Waals surface area contributed by atoms with Crippen molar-refractivity contribution < 1.29 is 4.79 Å². The lowest BCUT2D eigenvalue weighted by Gasteiger charge is -2.27. The van der Waals surface area contributed by atoms with E-state index in [-0.39, 0.29) is 5.54 Å². The maximum Gasteiger partial charge on any atom is 0.222 e. The highest BCUT2D eigenvalue weighted by Crippen LogP contribution is 2.13. The van der Waals surface area contributed by atoms with Crippen LogP contribution in [0.3, 0.4) is 0 Å². The molecule has 1 unspecified atom stereocenters. The van der Waals surface area contributed by atoms with Crippen LogP contribution >= 0.6 is 0 Å². The molecule has 0 aromatic carbocycles. The molecule has 0 radical (unpaired) electrons. The van der Waals surface area contributed by atoms with E-state index in [1.54, 1.807) is 0 Å². The summed E-state index contributed by atoms with van der Waals surface area (Å²) < 4.78 is 0. The Morgan fingerprint density at radius 1 is 1.29 bits per heavy atom. The molecule has 1 rings (SSSR count). The van der Waals surface area contributed by atoms with Crippen LogP contribution in [0.4, 0.5) is 0 Å². The molecule has 0 aliphatic carbocycles. The maximum absolute atomic E-state index is 11.9. The van der Waals surface area contributed by atoms with Gasteiger partial charge < -0.3 is 10.2 Å². The Morgan fingerprint density at radius 2 is 2.00 bits per heavy atom. The lowest BCUT2D eigenvalue weighted by Crippen LogP contribution is -2.42. The highest BCUT2D eigenvalue weighted by Gasteiger charge is 2.19. The van der Waals surface area contributed by atoms with Gasteiger partial charge in [-0.3, -0.25) is 4.79 Å². The van der Waals surface area contributed by atoms with E-state index in [2.05, 4.69) is 37.9 Å². The van der Waals surface area contributed by atoms with Crippen molar-refractivity contribution in [1.82, 2.24) is 10.2 Å². The molecule has 1 N–H and O–H groups in total. The van der Waals surface area contributed by atoms with Gasteiger partial charge in [-0.1, -0.05) is 13.3 Å². The first-order valence-electron chi connectivity index (χ1n) is 6.91. The Balaban J connectivity index is 2.33. The Labute approximate surface area is 106 Å². The summed E-state index contributed by atoms with van der Waals surface area (Å²) in [5.74, 6) is 0.876. The molecular weight excluding hydrogens is 212 g/mol. The zero-order valence-electron chi connectivity index (χ0n) is 11.9. The third-order valence-corrected chi connectivity index (χ3v) is 3.18. The molecule has 1 aliphatic rings. The molecule has 1 fully saturated rings. The fourth-order valence-corrected chi connectivity index (χ4v) is 2.15. The van der Waals surface area contributed by atoms with Gasteiger partial charge in [0.1, 0.15) is 0 Å². The van der Waals surface area contributed by atoms with E-state index in [0.29, 0.717) is 11.8 Å². The normalized spacial score (nSPS) is 20.2. The van der Waals surface area contributed by atoms with Gasteiger partial charge in [-0.15, -0.1) is 0 Å². The van der Waals surface area contributed by atoms with Gasteiger partial charge in [0.05, 0.1) is 0 Å². The van der Waals surface area contributed by atoms with Crippen LogP contribution in [0, 0.1) is 5.92 Å². The summed E-state index contributed by atoms with van der Waals surface area (Å²) in [6.07, 6.45) is 4.20. The molecule has 17 heavy (non-hydrogen) atoms. The van der Waals surface area contributed by atoms with Gasteiger partial charge in [0, 0.05) is 25.0 Å². The molecule has 100 valence electrons. The second-order valence-corrected chi connectivity index (χ2v) is 6.39. The molecule has 1 aliphatic heterocycles. The number of nitrogens with one attached hydrogen (secondary N) is 1. The van der Waals surface area contributed by atoms with Gasteiger partial charge in [0.2, 0.25) is 5.91 Å². The Bertz CT molecular complexity index is 245. The zero-order chi connectivity index (χ0) is 12.9. The first kappa shape index (κ1) is 14.5. The predicted molar refractivity (Wildman–Crippen MR) is 72.0 cm³/mol. The summed E-state index contributed by atoms with van der Waals surface area (Å²) in [5, 5.41) is 3.50. The fraction of sp³-hybridized carbons (Fsp3) is 0.929. The Morgan fingerprint density at radius 3 is 2.65 bits per heavy atom. The van der Waals surface area contributed by atoms with Crippen LogP contribution in [0.1, 0.15) is 53.4 Å². The number of amides is 1. The average Bonchev–Trinajstić information content (AvgIpc) is 2.41. The smallest absolute Gasteiger partial charge is 0.222 e. The Kier molecular flexibility index (Phi) is 5.44. The van der Waals surface area contributed by atoms with Crippen molar-refractivity contribution in [2.45, 2.75) is 58.9 Å². The van der Waals surface area contributed by atoms with E-state index in [9.17, 15) is 4.79 Å². The standard InChI is InChI=1S/C14H28N2O/c1-12(10-15-14(2,3)4)11-16-9-7-5-6-8-13(16)17/h12,15H,5-11H2,1-4H3. The minimum atomic E-state index is 0.164. The monoisotopic (exact) mass is 240 g/mol. The number of carbonyl (C=O) groups excluding carboxylic acids is 1. The number of likely N-dealkylation sites (tertiary alicyclic amines) is 1. The second-order valence-electron chi connectivity index (χ2n) is 6.39. The molecule has 0 aromatic rings. The molecular formula is C14H28N2O. The molecule has 0 bridgehead atoms. The zero-order valence-corrected chi connectivity index (χ0v) is 11.9. The van der Waals surface area contributed by atoms with Crippen LogP contribution in [0.15, 0.2) is 0 Å².